The van der Waals surface area contributed by atoms with Crippen LogP contribution in [0.25, 0.3) is 0 Å². The Morgan fingerprint density at radius 2 is 2.00 bits per heavy atom. The van der Waals surface area contributed by atoms with Gasteiger partial charge in [-0.3, -0.25) is 9.59 Å². The van der Waals surface area contributed by atoms with E-state index in [0.29, 0.717) is 31.7 Å². The lowest BCUT2D eigenvalue weighted by Gasteiger charge is -2.35. The van der Waals surface area contributed by atoms with Crippen LogP contribution in [0.4, 0.5) is 19.0 Å². The number of nitrogens with one attached hydrogen (secondary N) is 1. The zero-order valence-electron chi connectivity index (χ0n) is 18.5. The molecular formula is C21H23F3N6O5. The van der Waals surface area contributed by atoms with Gasteiger partial charge in [-0.15, -0.1) is 0 Å². The predicted octanol–water partition coefficient (Wildman–Crippen LogP) is 0.551. The average Bonchev–Trinajstić information content (AvgIpc) is 2.85. The van der Waals surface area contributed by atoms with Gasteiger partial charge >= 0.3 is 6.18 Å². The fourth-order valence-corrected chi connectivity index (χ4v) is 3.39. The van der Waals surface area contributed by atoms with E-state index in [-0.39, 0.29) is 18.9 Å². The van der Waals surface area contributed by atoms with E-state index in [1.807, 2.05) is 11.0 Å². The second-order valence-corrected chi connectivity index (χ2v) is 7.56. The molecule has 1 atom stereocenters. The second kappa shape index (κ2) is 11.6. The van der Waals surface area contributed by atoms with E-state index in [9.17, 15) is 27.9 Å². The fraction of sp³-hybridized carbons (Fsp3) is 0.476. The van der Waals surface area contributed by atoms with Crippen molar-refractivity contribution in [1.82, 2.24) is 20.1 Å². The van der Waals surface area contributed by atoms with Gasteiger partial charge in [0.25, 0.3) is 5.56 Å². The van der Waals surface area contributed by atoms with Crippen molar-refractivity contribution in [2.24, 2.45) is 0 Å². The highest BCUT2D eigenvalue weighted by Gasteiger charge is 2.38. The number of pyridine rings is 1. The van der Waals surface area contributed by atoms with E-state index < -0.39 is 42.4 Å². The lowest BCUT2D eigenvalue weighted by molar-refractivity contribution is -0.141. The van der Waals surface area contributed by atoms with Gasteiger partial charge < -0.3 is 24.4 Å². The van der Waals surface area contributed by atoms with Gasteiger partial charge in [0.2, 0.25) is 5.91 Å². The molecule has 14 heteroatoms. The summed E-state index contributed by atoms with van der Waals surface area (Å²) in [7, 11) is 0. The lowest BCUT2D eigenvalue weighted by atomic mass is 10.2. The molecule has 35 heavy (non-hydrogen) atoms. The third kappa shape index (κ3) is 6.90. The molecule has 0 aliphatic carbocycles. The molecule has 1 aliphatic rings. The zero-order chi connectivity index (χ0) is 25.4. The number of aliphatic hydroxyl groups is 1. The first-order valence-corrected chi connectivity index (χ1v) is 10.6. The Balaban J connectivity index is 1.43. The first-order chi connectivity index (χ1) is 16.7. The van der Waals surface area contributed by atoms with E-state index in [1.165, 1.54) is 6.20 Å². The summed E-state index contributed by atoms with van der Waals surface area (Å²) in [6.07, 6.45) is -3.75. The van der Waals surface area contributed by atoms with E-state index >= 15 is 0 Å². The highest BCUT2D eigenvalue weighted by atomic mass is 19.4. The highest BCUT2D eigenvalue weighted by Crippen LogP contribution is 2.32. The Hall–Kier alpha value is -3.70. The van der Waals surface area contributed by atoms with Crippen LogP contribution >= 0.6 is 0 Å². The SMILES string of the molecule is N#Cc1ccc(N2CCN(C(=O)CCO[C@H](CO)COc3cn[nH]c(=O)c3C(F)(F)F)CC2)nc1. The molecule has 0 aromatic carbocycles. The maximum atomic E-state index is 13.1. The van der Waals surface area contributed by atoms with Crippen molar-refractivity contribution >= 4 is 11.7 Å². The van der Waals surface area contributed by atoms with Gasteiger partial charge in [0.1, 0.15) is 24.6 Å². The minimum absolute atomic E-state index is 0.00593. The number of carbonyl (C=O) groups excluding carboxylic acids is 1. The Bertz CT molecular complexity index is 1090. The number of ether oxygens (including phenoxy) is 2. The molecule has 188 valence electrons. The molecule has 0 unspecified atom stereocenters. The number of halogens is 3. The van der Waals surface area contributed by atoms with Crippen LogP contribution in [-0.4, -0.2) is 83.2 Å². The summed E-state index contributed by atoms with van der Waals surface area (Å²) in [5.41, 5.74) is -2.52. The maximum Gasteiger partial charge on any atom is 0.425 e. The Labute approximate surface area is 197 Å². The van der Waals surface area contributed by atoms with Gasteiger partial charge in [-0.05, 0) is 12.1 Å². The molecule has 1 fully saturated rings. The number of nitrogens with zero attached hydrogens (tertiary/aromatic N) is 5. The minimum Gasteiger partial charge on any atom is -0.488 e. The first kappa shape index (κ1) is 25.9. The van der Waals surface area contributed by atoms with Gasteiger partial charge in [-0.1, -0.05) is 0 Å². The predicted molar refractivity (Wildman–Crippen MR) is 115 cm³/mol. The summed E-state index contributed by atoms with van der Waals surface area (Å²) in [5.74, 6) is -0.239. The van der Waals surface area contributed by atoms with E-state index in [1.54, 1.807) is 22.1 Å². The smallest absolute Gasteiger partial charge is 0.425 e. The van der Waals surface area contributed by atoms with Gasteiger partial charge in [0.15, 0.2) is 11.3 Å². The number of hydrogen-bond donors (Lipinski definition) is 2. The van der Waals surface area contributed by atoms with Crippen molar-refractivity contribution in [2.45, 2.75) is 18.7 Å². The van der Waals surface area contributed by atoms with E-state index in [2.05, 4.69) is 10.1 Å². The molecule has 2 N–H and O–H groups in total. The topological polar surface area (TPSA) is 145 Å². The molecule has 2 aromatic heterocycles. The standard InChI is InChI=1S/C21H23F3N6O5/c22-21(23,24)19-16(11-27-28-20(19)33)35-13-15(12-31)34-8-3-18(32)30-6-4-29(5-7-30)17-2-1-14(9-25)10-26-17/h1-2,10-11,15,31H,3-8,12-13H2,(H,28,33)/t15-/m1/s1. The molecule has 0 bridgehead atoms. The molecule has 1 amide bonds. The third-order valence-electron chi connectivity index (χ3n) is 5.24. The van der Waals surface area contributed by atoms with Crippen molar-refractivity contribution < 1.29 is 32.5 Å². The summed E-state index contributed by atoms with van der Waals surface area (Å²) in [4.78, 5) is 31.8. The molecule has 11 nitrogen and oxygen atoms in total. The first-order valence-electron chi connectivity index (χ1n) is 10.6. The van der Waals surface area contributed by atoms with E-state index in [0.717, 1.165) is 12.0 Å². The normalized spacial score (nSPS) is 14.9. The van der Waals surface area contributed by atoms with Gasteiger partial charge in [0.05, 0.1) is 31.4 Å². The average molecular weight is 496 g/mol. The van der Waals surface area contributed by atoms with Crippen LogP contribution in [0, 0.1) is 11.3 Å². The second-order valence-electron chi connectivity index (χ2n) is 7.56. The molecule has 1 aliphatic heterocycles. The quantitative estimate of drug-likeness (QED) is 0.508. The number of aliphatic hydroxyl groups excluding tert-OH is 1. The number of nitriles is 1. The number of rotatable bonds is 9. The molecule has 0 saturated carbocycles. The molecule has 0 radical (unpaired) electrons. The number of alkyl halides is 3. The van der Waals surface area contributed by atoms with Gasteiger partial charge in [0, 0.05) is 32.4 Å². The highest BCUT2D eigenvalue weighted by molar-refractivity contribution is 5.76. The third-order valence-corrected chi connectivity index (χ3v) is 5.24. The van der Waals surface area contributed by atoms with Crippen LogP contribution in [0.1, 0.15) is 17.5 Å². The minimum atomic E-state index is -4.95. The molecule has 1 saturated heterocycles. The van der Waals surface area contributed by atoms with Crippen LogP contribution in [0.5, 0.6) is 5.75 Å². The summed E-state index contributed by atoms with van der Waals surface area (Å²) in [6, 6.07) is 5.43. The van der Waals surface area contributed by atoms with Crippen LogP contribution in [0.15, 0.2) is 29.3 Å². The molecule has 3 heterocycles. The maximum absolute atomic E-state index is 13.1. The number of aromatic amines is 1. The molecule has 0 spiro atoms. The van der Waals surface area contributed by atoms with Crippen molar-refractivity contribution in [1.29, 1.82) is 5.26 Å². The zero-order valence-corrected chi connectivity index (χ0v) is 18.5. The van der Waals surface area contributed by atoms with Gasteiger partial charge in [-0.2, -0.15) is 23.5 Å². The van der Waals surface area contributed by atoms with E-state index in [4.69, 9.17) is 14.7 Å². The van der Waals surface area contributed by atoms with Crippen molar-refractivity contribution in [3.63, 3.8) is 0 Å². The van der Waals surface area contributed by atoms with Crippen LogP contribution < -0.4 is 15.2 Å². The van der Waals surface area contributed by atoms with Crippen LogP contribution in [-0.2, 0) is 15.7 Å². The summed E-state index contributed by atoms with van der Waals surface area (Å²) in [5, 5.41) is 23.3. The summed E-state index contributed by atoms with van der Waals surface area (Å²) < 4.78 is 49.6. The number of aromatic nitrogens is 3. The van der Waals surface area contributed by atoms with Gasteiger partial charge in [-0.25, -0.2) is 10.1 Å². The Morgan fingerprint density at radius 1 is 1.26 bits per heavy atom. The molecular weight excluding hydrogens is 473 g/mol. The Morgan fingerprint density at radius 3 is 2.60 bits per heavy atom. The van der Waals surface area contributed by atoms with Crippen molar-refractivity contribution in [2.75, 3.05) is 50.9 Å². The Kier molecular flexibility index (Phi) is 8.61. The number of hydrogen-bond acceptors (Lipinski definition) is 9. The summed E-state index contributed by atoms with van der Waals surface area (Å²) >= 11 is 0. The number of amides is 1. The molecule has 2 aromatic rings. The largest absolute Gasteiger partial charge is 0.488 e. The summed E-state index contributed by atoms with van der Waals surface area (Å²) in [6.45, 7) is 0.919. The van der Waals surface area contributed by atoms with Crippen molar-refractivity contribution in [3.05, 3.63) is 46.0 Å². The number of anilines is 1. The number of carbonyl (C=O) groups is 1. The lowest BCUT2D eigenvalue weighted by Crippen LogP contribution is -2.49. The van der Waals surface area contributed by atoms with Crippen LogP contribution in [0.2, 0.25) is 0 Å². The van der Waals surface area contributed by atoms with Crippen molar-refractivity contribution in [3.8, 4) is 11.8 Å². The number of H-pyrrole nitrogens is 1. The fourth-order valence-electron chi connectivity index (χ4n) is 3.39. The monoisotopic (exact) mass is 496 g/mol. The van der Waals surface area contributed by atoms with Crippen LogP contribution in [0.3, 0.4) is 0 Å². The number of piperazine rings is 1. The molecule has 3 rings (SSSR count).